The number of H-pyrrole nitrogens is 3. The molecule has 3 N–H and O–H groups in total. The minimum Gasteiger partial charge on any atom is -0.355 e. The number of fused-ring (bicyclic) bond motifs is 11. The topological polar surface area (TPSA) is 73.2 Å². The number of nitrogens with one attached hydrogen (secondary N) is 3. The number of aromatic amines is 3. The maximum absolute atomic E-state index is 4.80. The van der Waals surface area contributed by atoms with Gasteiger partial charge in [0.15, 0.2) is 0 Å². The molecule has 0 aliphatic carbocycles. The third-order valence-electron chi connectivity index (χ3n) is 5.29. The first-order chi connectivity index (χ1) is 14.3. The van der Waals surface area contributed by atoms with Gasteiger partial charge in [-0.1, -0.05) is 0 Å². The van der Waals surface area contributed by atoms with E-state index in [-0.39, 0.29) is 0 Å². The minimum atomic E-state index is 0.934. The highest BCUT2D eigenvalue weighted by Gasteiger charge is 2.06. The number of aryl methyl sites for hydroxylation is 2. The van der Waals surface area contributed by atoms with E-state index in [9.17, 15) is 0 Å². The van der Waals surface area contributed by atoms with Crippen molar-refractivity contribution >= 4 is 45.3 Å². The first-order valence-electron chi connectivity index (χ1n) is 9.80. The van der Waals surface area contributed by atoms with Crippen LogP contribution in [0, 0.1) is 0 Å². The van der Waals surface area contributed by atoms with E-state index in [2.05, 4.69) is 75.6 Å². The summed E-state index contributed by atoms with van der Waals surface area (Å²) in [6, 6.07) is 20.9. The molecule has 6 heterocycles. The lowest BCUT2D eigenvalue weighted by atomic mass is 10.2. The van der Waals surface area contributed by atoms with E-state index in [1.165, 1.54) is 0 Å². The molecule has 6 rings (SSSR count). The van der Waals surface area contributed by atoms with Crippen LogP contribution in [0.2, 0.25) is 0 Å². The molecule has 0 saturated carbocycles. The van der Waals surface area contributed by atoms with Crippen molar-refractivity contribution in [3.8, 4) is 0 Å². The Balaban J connectivity index is 1.65. The van der Waals surface area contributed by atoms with Crippen LogP contribution in [-0.4, -0.2) is 24.9 Å². The molecule has 0 aromatic carbocycles. The average Bonchev–Trinajstić information content (AvgIpc) is 3.50. The van der Waals surface area contributed by atoms with Crippen molar-refractivity contribution in [2.45, 2.75) is 12.8 Å². The van der Waals surface area contributed by atoms with Crippen LogP contribution in [-0.2, 0) is 12.8 Å². The van der Waals surface area contributed by atoms with E-state index in [0.29, 0.717) is 0 Å². The number of hydrogen-bond acceptors (Lipinski definition) is 2. The summed E-state index contributed by atoms with van der Waals surface area (Å²) in [5, 5.41) is 0. The zero-order chi connectivity index (χ0) is 19.2. The molecule has 2 aliphatic rings. The first-order valence-corrected chi connectivity index (χ1v) is 9.80. The lowest BCUT2D eigenvalue weighted by Gasteiger charge is -1.86. The number of hydrogen-bond donors (Lipinski definition) is 3. The highest BCUT2D eigenvalue weighted by molar-refractivity contribution is 5.81. The molecular weight excluding hydrogens is 358 g/mol. The van der Waals surface area contributed by atoms with Crippen molar-refractivity contribution in [1.29, 1.82) is 0 Å². The molecular formula is C24H19N5. The number of rotatable bonds is 0. The molecule has 0 saturated heterocycles. The van der Waals surface area contributed by atoms with Gasteiger partial charge in [-0.05, 0) is 85.7 Å². The predicted octanol–water partition coefficient (Wildman–Crippen LogP) is 5.31. The Morgan fingerprint density at radius 3 is 1.86 bits per heavy atom. The van der Waals surface area contributed by atoms with Crippen LogP contribution in [0.4, 0.5) is 0 Å². The second kappa shape index (κ2) is 6.34. The van der Waals surface area contributed by atoms with Gasteiger partial charge in [0.1, 0.15) is 0 Å². The third-order valence-corrected chi connectivity index (χ3v) is 5.29. The predicted molar refractivity (Wildman–Crippen MR) is 118 cm³/mol. The molecule has 0 amide bonds. The lowest BCUT2D eigenvalue weighted by Crippen LogP contribution is -1.77. The standard InChI is InChI=1S/C24H19N5/c1-2-16-12-18-4-6-20(27-18)14-22-8-10-24(29-22)23-9-7-21(28-23)13-19-5-3-17(26-19)11-15(1)25-16/h3-14,26-28H,1-2H2. The molecule has 0 radical (unpaired) electrons. The summed E-state index contributed by atoms with van der Waals surface area (Å²) in [4.78, 5) is 19.9. The van der Waals surface area contributed by atoms with Crippen molar-refractivity contribution in [3.63, 3.8) is 0 Å². The Morgan fingerprint density at radius 1 is 0.552 bits per heavy atom. The molecule has 2 aliphatic heterocycles. The van der Waals surface area contributed by atoms with E-state index >= 15 is 0 Å². The van der Waals surface area contributed by atoms with Crippen molar-refractivity contribution in [2.75, 3.05) is 0 Å². The van der Waals surface area contributed by atoms with Gasteiger partial charge in [0.25, 0.3) is 0 Å². The van der Waals surface area contributed by atoms with Gasteiger partial charge in [0.05, 0.1) is 16.9 Å². The second-order valence-electron chi connectivity index (χ2n) is 7.49. The van der Waals surface area contributed by atoms with Gasteiger partial charge in [-0.25, -0.2) is 4.98 Å². The Kier molecular flexibility index (Phi) is 3.53. The van der Waals surface area contributed by atoms with Gasteiger partial charge >= 0.3 is 0 Å². The maximum Gasteiger partial charge on any atom is 0.0872 e. The third kappa shape index (κ3) is 3.17. The van der Waals surface area contributed by atoms with Gasteiger partial charge in [-0.15, -0.1) is 0 Å². The normalized spacial score (nSPS) is 13.1. The van der Waals surface area contributed by atoms with Gasteiger partial charge < -0.3 is 15.0 Å². The zero-order valence-electron chi connectivity index (χ0n) is 15.7. The first kappa shape index (κ1) is 16.1. The van der Waals surface area contributed by atoms with Crippen molar-refractivity contribution in [2.24, 2.45) is 0 Å². The van der Waals surface area contributed by atoms with Crippen LogP contribution in [0.15, 0.2) is 60.7 Å². The molecule has 0 unspecified atom stereocenters. The van der Waals surface area contributed by atoms with Crippen LogP contribution in [0.3, 0.4) is 0 Å². The fourth-order valence-corrected chi connectivity index (χ4v) is 3.90. The van der Waals surface area contributed by atoms with Crippen LogP contribution in [0.5, 0.6) is 0 Å². The molecule has 0 spiro atoms. The monoisotopic (exact) mass is 377 g/mol. The van der Waals surface area contributed by atoms with Crippen LogP contribution in [0.1, 0.15) is 22.8 Å². The summed E-state index contributed by atoms with van der Waals surface area (Å²) in [7, 11) is 0. The van der Waals surface area contributed by atoms with E-state index in [0.717, 1.165) is 68.7 Å². The Morgan fingerprint density at radius 2 is 1.14 bits per heavy atom. The molecule has 140 valence electrons. The van der Waals surface area contributed by atoms with E-state index in [1.54, 1.807) is 0 Å². The zero-order valence-corrected chi connectivity index (χ0v) is 15.7. The molecule has 5 nitrogen and oxygen atoms in total. The van der Waals surface area contributed by atoms with E-state index < -0.39 is 0 Å². The largest absolute Gasteiger partial charge is 0.355 e. The fraction of sp³-hybridized carbons (Fsp3) is 0.0833. The fourth-order valence-electron chi connectivity index (χ4n) is 3.90. The van der Waals surface area contributed by atoms with Crippen LogP contribution < -0.4 is 0 Å². The maximum atomic E-state index is 4.80. The van der Waals surface area contributed by atoms with Crippen molar-refractivity contribution < 1.29 is 0 Å². The van der Waals surface area contributed by atoms with Gasteiger partial charge in [0, 0.05) is 39.0 Å². The quantitative estimate of drug-likeness (QED) is 0.342. The molecule has 5 heteroatoms. The van der Waals surface area contributed by atoms with E-state index in [4.69, 9.17) is 9.97 Å². The van der Waals surface area contributed by atoms with Crippen LogP contribution in [0.25, 0.3) is 45.3 Å². The van der Waals surface area contributed by atoms with Gasteiger partial charge in [0.2, 0.25) is 0 Å². The number of aromatic nitrogens is 5. The highest BCUT2D eigenvalue weighted by atomic mass is 14.8. The highest BCUT2D eigenvalue weighted by Crippen LogP contribution is 2.18. The molecule has 4 aromatic heterocycles. The average molecular weight is 377 g/mol. The summed E-state index contributed by atoms with van der Waals surface area (Å²) >= 11 is 0. The molecule has 10 bridgehead atoms. The molecule has 29 heavy (non-hydrogen) atoms. The minimum absolute atomic E-state index is 0.934. The van der Waals surface area contributed by atoms with Gasteiger partial charge in [-0.3, -0.25) is 4.98 Å². The Labute approximate surface area is 166 Å². The Bertz CT molecular complexity index is 1460. The van der Waals surface area contributed by atoms with Crippen molar-refractivity contribution in [3.05, 3.63) is 83.4 Å². The summed E-state index contributed by atoms with van der Waals surface area (Å²) in [6.07, 6.45) is 6.01. The SMILES string of the molecule is C1=Cc2nc1cc1ccc(cc3nc(cc4ccc(cc5ccc2[nH]5)[nH]4)CC3)[nH]1. The van der Waals surface area contributed by atoms with Gasteiger partial charge in [-0.2, -0.15) is 0 Å². The van der Waals surface area contributed by atoms with Crippen LogP contribution >= 0.6 is 0 Å². The molecule has 0 atom stereocenters. The molecule has 0 fully saturated rings. The summed E-state index contributed by atoms with van der Waals surface area (Å²) in [6.45, 7) is 0. The summed E-state index contributed by atoms with van der Waals surface area (Å²) in [5.41, 5.74) is 10.4. The summed E-state index contributed by atoms with van der Waals surface area (Å²) < 4.78 is 0. The molecule has 4 aromatic rings. The van der Waals surface area contributed by atoms with Crippen molar-refractivity contribution in [1.82, 2.24) is 24.9 Å². The smallest absolute Gasteiger partial charge is 0.0872 e. The lowest BCUT2D eigenvalue weighted by molar-refractivity contribution is 1.03. The Hall–Kier alpha value is -3.86. The van der Waals surface area contributed by atoms with E-state index in [1.807, 2.05) is 12.2 Å². The second-order valence-corrected chi connectivity index (χ2v) is 7.49. The number of nitrogens with zero attached hydrogens (tertiary/aromatic N) is 2. The summed E-state index contributed by atoms with van der Waals surface area (Å²) in [5.74, 6) is 0.